The summed E-state index contributed by atoms with van der Waals surface area (Å²) in [5.41, 5.74) is 1.33. The van der Waals surface area contributed by atoms with E-state index in [1.54, 1.807) is 18.2 Å². The Labute approximate surface area is 85.7 Å². The van der Waals surface area contributed by atoms with Crippen molar-refractivity contribution in [2.24, 2.45) is 0 Å². The maximum absolute atomic E-state index is 11.5. The van der Waals surface area contributed by atoms with Gasteiger partial charge in [-0.05, 0) is 5.56 Å². The first kappa shape index (κ1) is 10.4. The molecule has 0 aromatic heterocycles. The molecule has 0 bridgehead atoms. The lowest BCUT2D eigenvalue weighted by Gasteiger charge is -2.04. The van der Waals surface area contributed by atoms with E-state index in [2.05, 4.69) is 15.9 Å². The van der Waals surface area contributed by atoms with Crippen molar-refractivity contribution < 1.29 is 9.90 Å². The molecule has 0 amide bonds. The average molecular weight is 243 g/mol. The summed E-state index contributed by atoms with van der Waals surface area (Å²) < 4.78 is 0. The van der Waals surface area contributed by atoms with Gasteiger partial charge in [-0.3, -0.25) is 4.79 Å². The maximum atomic E-state index is 11.5. The van der Waals surface area contributed by atoms with E-state index < -0.39 is 0 Å². The number of Topliss-reactive ketones (excluding diaryl/α,β-unsaturated/α-hetero) is 1. The zero-order chi connectivity index (χ0) is 9.68. The van der Waals surface area contributed by atoms with Crippen LogP contribution >= 0.6 is 15.9 Å². The first-order valence-electron chi connectivity index (χ1n) is 4.07. The highest BCUT2D eigenvalue weighted by atomic mass is 79.9. The standard InChI is InChI=1S/C10H11BrO2/c11-6-5-10(13)9-4-2-1-3-8(9)7-12/h1-4,12H,5-7H2. The number of alkyl halides is 1. The van der Waals surface area contributed by atoms with Gasteiger partial charge in [-0.25, -0.2) is 0 Å². The molecule has 3 heteroatoms. The summed E-state index contributed by atoms with van der Waals surface area (Å²) in [6, 6.07) is 7.13. The number of halogens is 1. The fraction of sp³-hybridized carbons (Fsp3) is 0.300. The molecule has 0 radical (unpaired) electrons. The van der Waals surface area contributed by atoms with E-state index in [1.807, 2.05) is 6.07 Å². The average Bonchev–Trinajstić information content (AvgIpc) is 2.18. The van der Waals surface area contributed by atoms with Crippen LogP contribution in [0.15, 0.2) is 24.3 Å². The highest BCUT2D eigenvalue weighted by molar-refractivity contribution is 9.09. The molecule has 0 saturated carbocycles. The molecule has 0 atom stereocenters. The van der Waals surface area contributed by atoms with Gasteiger partial charge in [0.25, 0.3) is 0 Å². The van der Waals surface area contributed by atoms with E-state index in [9.17, 15) is 4.79 Å². The number of ketones is 1. The number of hydrogen-bond acceptors (Lipinski definition) is 2. The summed E-state index contributed by atoms with van der Waals surface area (Å²) in [7, 11) is 0. The molecule has 0 spiro atoms. The van der Waals surface area contributed by atoms with Gasteiger partial charge in [0.05, 0.1) is 6.61 Å². The smallest absolute Gasteiger partial charge is 0.164 e. The van der Waals surface area contributed by atoms with Crippen molar-refractivity contribution in [3.63, 3.8) is 0 Å². The van der Waals surface area contributed by atoms with Gasteiger partial charge in [0.1, 0.15) is 0 Å². The highest BCUT2D eigenvalue weighted by Gasteiger charge is 2.08. The SMILES string of the molecule is O=C(CCBr)c1ccccc1CO. The summed E-state index contributed by atoms with van der Waals surface area (Å²) in [5, 5.41) is 9.63. The van der Waals surface area contributed by atoms with E-state index >= 15 is 0 Å². The summed E-state index contributed by atoms with van der Waals surface area (Å²) >= 11 is 3.21. The predicted octanol–water partition coefficient (Wildman–Crippen LogP) is 2.15. The molecule has 0 aliphatic carbocycles. The fourth-order valence-corrected chi connectivity index (χ4v) is 1.51. The van der Waals surface area contributed by atoms with Crippen LogP contribution in [0.4, 0.5) is 0 Å². The third kappa shape index (κ3) is 2.64. The van der Waals surface area contributed by atoms with Gasteiger partial charge in [-0.2, -0.15) is 0 Å². The Morgan fingerprint density at radius 2 is 2.08 bits per heavy atom. The fourth-order valence-electron chi connectivity index (χ4n) is 1.15. The lowest BCUT2D eigenvalue weighted by atomic mass is 10.0. The molecular weight excluding hydrogens is 232 g/mol. The highest BCUT2D eigenvalue weighted by Crippen LogP contribution is 2.11. The Kier molecular flexibility index (Phi) is 4.12. The zero-order valence-electron chi connectivity index (χ0n) is 7.16. The number of aliphatic hydroxyl groups is 1. The minimum atomic E-state index is -0.0792. The van der Waals surface area contributed by atoms with Gasteiger partial charge >= 0.3 is 0 Å². The zero-order valence-corrected chi connectivity index (χ0v) is 8.75. The van der Waals surface area contributed by atoms with Crippen molar-refractivity contribution in [1.82, 2.24) is 0 Å². The van der Waals surface area contributed by atoms with Gasteiger partial charge in [0.15, 0.2) is 5.78 Å². The van der Waals surface area contributed by atoms with Crippen molar-refractivity contribution in [2.75, 3.05) is 5.33 Å². The van der Waals surface area contributed by atoms with Crippen molar-refractivity contribution >= 4 is 21.7 Å². The largest absolute Gasteiger partial charge is 0.392 e. The third-order valence-electron chi connectivity index (χ3n) is 1.81. The molecule has 0 aliphatic heterocycles. The Morgan fingerprint density at radius 3 is 2.69 bits per heavy atom. The maximum Gasteiger partial charge on any atom is 0.164 e. The van der Waals surface area contributed by atoms with Crippen LogP contribution < -0.4 is 0 Å². The Balaban J connectivity index is 2.92. The van der Waals surface area contributed by atoms with Crippen LogP contribution in [-0.2, 0) is 6.61 Å². The normalized spacial score (nSPS) is 10.0. The van der Waals surface area contributed by atoms with E-state index in [0.717, 1.165) is 0 Å². The molecule has 13 heavy (non-hydrogen) atoms. The van der Waals surface area contributed by atoms with Gasteiger partial charge in [-0.15, -0.1) is 0 Å². The first-order chi connectivity index (χ1) is 6.29. The molecule has 1 N–H and O–H groups in total. The Bertz CT molecular complexity index is 297. The number of carbonyl (C=O) groups excluding carboxylic acids is 1. The second-order valence-electron chi connectivity index (χ2n) is 2.68. The van der Waals surface area contributed by atoms with Crippen molar-refractivity contribution in [1.29, 1.82) is 0 Å². The van der Waals surface area contributed by atoms with Crippen LogP contribution in [0, 0.1) is 0 Å². The molecule has 0 aliphatic rings. The topological polar surface area (TPSA) is 37.3 Å². The van der Waals surface area contributed by atoms with Crippen molar-refractivity contribution in [2.45, 2.75) is 13.0 Å². The minimum absolute atomic E-state index is 0.0709. The summed E-state index contributed by atoms with van der Waals surface area (Å²) in [6.07, 6.45) is 0.469. The molecule has 0 unspecified atom stereocenters. The predicted molar refractivity (Wildman–Crippen MR) is 55.1 cm³/mol. The van der Waals surface area contributed by atoms with E-state index in [-0.39, 0.29) is 12.4 Å². The van der Waals surface area contributed by atoms with Crippen LogP contribution in [0.3, 0.4) is 0 Å². The number of hydrogen-bond donors (Lipinski definition) is 1. The second kappa shape index (κ2) is 5.14. The lowest BCUT2D eigenvalue weighted by Crippen LogP contribution is -2.03. The molecule has 0 heterocycles. The third-order valence-corrected chi connectivity index (χ3v) is 2.21. The minimum Gasteiger partial charge on any atom is -0.392 e. The van der Waals surface area contributed by atoms with Crippen LogP contribution in [0.5, 0.6) is 0 Å². The molecule has 1 rings (SSSR count). The molecule has 70 valence electrons. The van der Waals surface area contributed by atoms with Crippen LogP contribution in [0.25, 0.3) is 0 Å². The van der Waals surface area contributed by atoms with Gasteiger partial charge in [0.2, 0.25) is 0 Å². The lowest BCUT2D eigenvalue weighted by molar-refractivity contribution is 0.0987. The van der Waals surface area contributed by atoms with E-state index in [4.69, 9.17) is 5.11 Å². The van der Waals surface area contributed by atoms with Gasteiger partial charge < -0.3 is 5.11 Å². The molecule has 1 aromatic carbocycles. The summed E-state index contributed by atoms with van der Waals surface area (Å²) in [5.74, 6) is 0.0709. The summed E-state index contributed by atoms with van der Waals surface area (Å²) in [6.45, 7) is -0.0792. The number of benzene rings is 1. The molecule has 1 aromatic rings. The van der Waals surface area contributed by atoms with Crippen LogP contribution in [-0.4, -0.2) is 16.2 Å². The van der Waals surface area contributed by atoms with Crippen molar-refractivity contribution in [3.8, 4) is 0 Å². The number of rotatable bonds is 4. The van der Waals surface area contributed by atoms with Crippen LogP contribution in [0.1, 0.15) is 22.3 Å². The molecule has 0 saturated heterocycles. The van der Waals surface area contributed by atoms with Crippen LogP contribution in [0.2, 0.25) is 0 Å². The van der Waals surface area contributed by atoms with Gasteiger partial charge in [-0.1, -0.05) is 40.2 Å². The molecule has 2 nitrogen and oxygen atoms in total. The molecular formula is C10H11BrO2. The first-order valence-corrected chi connectivity index (χ1v) is 5.19. The Morgan fingerprint density at radius 1 is 1.38 bits per heavy atom. The van der Waals surface area contributed by atoms with E-state index in [0.29, 0.717) is 22.9 Å². The summed E-state index contributed by atoms with van der Waals surface area (Å²) in [4.78, 5) is 11.5. The second-order valence-corrected chi connectivity index (χ2v) is 3.47. The van der Waals surface area contributed by atoms with Crippen molar-refractivity contribution in [3.05, 3.63) is 35.4 Å². The number of carbonyl (C=O) groups is 1. The number of aliphatic hydroxyl groups excluding tert-OH is 1. The molecule has 0 fully saturated rings. The van der Waals surface area contributed by atoms with Gasteiger partial charge in [0, 0.05) is 17.3 Å². The monoisotopic (exact) mass is 242 g/mol. The Hall–Kier alpha value is -0.670. The van der Waals surface area contributed by atoms with E-state index in [1.165, 1.54) is 0 Å². The quantitative estimate of drug-likeness (QED) is 0.649.